The largest absolute Gasteiger partial charge is 0.352 e. The van der Waals surface area contributed by atoms with Crippen LogP contribution in [-0.4, -0.2) is 56.0 Å². The summed E-state index contributed by atoms with van der Waals surface area (Å²) in [6, 6.07) is 4.09. The monoisotopic (exact) mass is 384 g/mol. The maximum absolute atomic E-state index is 4.58. The molecule has 0 bridgehead atoms. The molecule has 0 amide bonds. The number of thioether (sulfide) groups is 1. The van der Waals surface area contributed by atoms with Crippen molar-refractivity contribution in [3.05, 3.63) is 42.6 Å². The van der Waals surface area contributed by atoms with Gasteiger partial charge in [-0.3, -0.25) is 9.56 Å². The van der Waals surface area contributed by atoms with Crippen molar-refractivity contribution in [3.63, 3.8) is 0 Å². The SMILES string of the molecule is CN=C(NCc1cccnc1-n1ccnc1)N1CCSC2(CCCCC2)C1. The Bertz CT molecular complexity index is 761. The van der Waals surface area contributed by atoms with Crippen LogP contribution < -0.4 is 5.32 Å². The van der Waals surface area contributed by atoms with Crippen LogP contribution in [0.15, 0.2) is 42.0 Å². The quantitative estimate of drug-likeness (QED) is 0.651. The Morgan fingerprint density at radius 1 is 1.30 bits per heavy atom. The molecule has 2 aromatic rings. The first kappa shape index (κ1) is 18.3. The van der Waals surface area contributed by atoms with Crippen LogP contribution >= 0.6 is 11.8 Å². The molecule has 144 valence electrons. The predicted octanol–water partition coefficient (Wildman–Crippen LogP) is 3.09. The average molecular weight is 385 g/mol. The van der Waals surface area contributed by atoms with Crippen molar-refractivity contribution >= 4 is 17.7 Å². The van der Waals surface area contributed by atoms with Crippen molar-refractivity contribution in [1.29, 1.82) is 0 Å². The van der Waals surface area contributed by atoms with Gasteiger partial charge in [-0.15, -0.1) is 0 Å². The molecule has 6 nitrogen and oxygen atoms in total. The highest BCUT2D eigenvalue weighted by molar-refractivity contribution is 8.00. The Labute approximate surface area is 165 Å². The van der Waals surface area contributed by atoms with Crippen LogP contribution in [0.4, 0.5) is 0 Å². The van der Waals surface area contributed by atoms with Gasteiger partial charge in [0.15, 0.2) is 5.96 Å². The van der Waals surface area contributed by atoms with Gasteiger partial charge in [0.1, 0.15) is 12.1 Å². The summed E-state index contributed by atoms with van der Waals surface area (Å²) in [6.07, 6.45) is 14.1. The number of rotatable bonds is 3. The molecule has 2 aromatic heterocycles. The molecular weight excluding hydrogens is 356 g/mol. The Kier molecular flexibility index (Phi) is 5.66. The molecule has 1 aliphatic carbocycles. The molecule has 1 spiro atoms. The minimum atomic E-state index is 0.435. The number of aromatic nitrogens is 3. The van der Waals surface area contributed by atoms with Gasteiger partial charge in [0.2, 0.25) is 0 Å². The van der Waals surface area contributed by atoms with Gasteiger partial charge in [-0.25, -0.2) is 9.97 Å². The van der Waals surface area contributed by atoms with Gasteiger partial charge in [-0.05, 0) is 18.9 Å². The molecule has 1 saturated carbocycles. The highest BCUT2D eigenvalue weighted by Crippen LogP contribution is 2.42. The van der Waals surface area contributed by atoms with E-state index in [1.165, 1.54) is 37.9 Å². The average Bonchev–Trinajstić information content (AvgIpc) is 3.24. The van der Waals surface area contributed by atoms with Crippen molar-refractivity contribution in [1.82, 2.24) is 24.8 Å². The van der Waals surface area contributed by atoms with Gasteiger partial charge < -0.3 is 10.2 Å². The second-order valence-electron chi connectivity index (χ2n) is 7.37. The summed E-state index contributed by atoms with van der Waals surface area (Å²) in [5.41, 5.74) is 1.13. The Balaban J connectivity index is 1.44. The van der Waals surface area contributed by atoms with Crippen LogP contribution in [0.3, 0.4) is 0 Å². The second kappa shape index (κ2) is 8.33. The highest BCUT2D eigenvalue weighted by atomic mass is 32.2. The molecule has 4 rings (SSSR count). The summed E-state index contributed by atoms with van der Waals surface area (Å²) in [5, 5.41) is 3.57. The molecule has 7 heteroatoms. The van der Waals surface area contributed by atoms with Crippen LogP contribution in [0, 0.1) is 0 Å². The lowest BCUT2D eigenvalue weighted by molar-refractivity contribution is 0.293. The fraction of sp³-hybridized carbons (Fsp3) is 0.550. The van der Waals surface area contributed by atoms with E-state index >= 15 is 0 Å². The Morgan fingerprint density at radius 3 is 2.96 bits per heavy atom. The fourth-order valence-corrected chi connectivity index (χ4v) is 5.79. The summed E-state index contributed by atoms with van der Waals surface area (Å²) in [6.45, 7) is 2.87. The molecule has 27 heavy (non-hydrogen) atoms. The van der Waals surface area contributed by atoms with Crippen LogP contribution in [0.5, 0.6) is 0 Å². The van der Waals surface area contributed by atoms with Crippen LogP contribution in [0.25, 0.3) is 5.82 Å². The number of imidazole rings is 1. The lowest BCUT2D eigenvalue weighted by Crippen LogP contribution is -2.53. The van der Waals surface area contributed by atoms with Crippen molar-refractivity contribution in [2.45, 2.75) is 43.4 Å². The zero-order chi connectivity index (χ0) is 18.5. The summed E-state index contributed by atoms with van der Waals surface area (Å²) in [4.78, 5) is 15.7. The standard InChI is InChI=1S/C20H28N6S/c1-21-19(25-12-13-27-20(15-25)7-3-2-4-8-20)24-14-17-6-5-9-23-18(17)26-11-10-22-16-26/h5-6,9-11,16H,2-4,7-8,12-15H2,1H3,(H,21,24). The van der Waals surface area contributed by atoms with E-state index in [0.717, 1.165) is 30.4 Å². The first-order valence-corrected chi connectivity index (χ1v) is 10.8. The van der Waals surface area contributed by atoms with E-state index < -0.39 is 0 Å². The molecule has 0 unspecified atom stereocenters. The maximum atomic E-state index is 4.58. The zero-order valence-electron chi connectivity index (χ0n) is 16.0. The van der Waals surface area contributed by atoms with Gasteiger partial charge in [0, 0.05) is 61.3 Å². The molecule has 3 heterocycles. The van der Waals surface area contributed by atoms with Crippen LogP contribution in [0.1, 0.15) is 37.7 Å². The molecule has 2 fully saturated rings. The van der Waals surface area contributed by atoms with E-state index in [9.17, 15) is 0 Å². The smallest absolute Gasteiger partial charge is 0.193 e. The first-order chi connectivity index (χ1) is 13.3. The Morgan fingerprint density at radius 2 is 2.19 bits per heavy atom. The van der Waals surface area contributed by atoms with Crippen molar-refractivity contribution in [2.24, 2.45) is 4.99 Å². The summed E-state index contributed by atoms with van der Waals surface area (Å²) >= 11 is 2.19. The second-order valence-corrected chi connectivity index (χ2v) is 8.93. The van der Waals surface area contributed by atoms with Gasteiger partial charge in [-0.1, -0.05) is 25.3 Å². The number of aliphatic imine (C=N–C) groups is 1. The van der Waals surface area contributed by atoms with E-state index in [-0.39, 0.29) is 0 Å². The molecule has 1 saturated heterocycles. The van der Waals surface area contributed by atoms with Gasteiger partial charge in [0.25, 0.3) is 0 Å². The molecule has 1 aliphatic heterocycles. The number of hydrogen-bond donors (Lipinski definition) is 1. The van der Waals surface area contributed by atoms with E-state index in [2.05, 4.69) is 43.0 Å². The lowest BCUT2D eigenvalue weighted by Gasteiger charge is -2.45. The Hall–Kier alpha value is -2.02. The molecule has 0 aromatic carbocycles. The molecule has 1 N–H and O–H groups in total. The zero-order valence-corrected chi connectivity index (χ0v) is 16.8. The van der Waals surface area contributed by atoms with Crippen molar-refractivity contribution in [3.8, 4) is 5.82 Å². The normalized spacial score (nSPS) is 20.0. The number of pyridine rings is 1. The minimum absolute atomic E-state index is 0.435. The van der Waals surface area contributed by atoms with Crippen LogP contribution in [-0.2, 0) is 6.54 Å². The first-order valence-electron chi connectivity index (χ1n) is 9.81. The van der Waals surface area contributed by atoms with E-state index in [4.69, 9.17) is 0 Å². The molecule has 0 atom stereocenters. The van der Waals surface area contributed by atoms with E-state index in [1.807, 2.05) is 30.1 Å². The maximum Gasteiger partial charge on any atom is 0.193 e. The third-order valence-corrected chi connectivity index (χ3v) is 7.11. The fourth-order valence-electron chi connectivity index (χ4n) is 4.22. The third kappa shape index (κ3) is 4.13. The molecule has 0 radical (unpaired) electrons. The van der Waals surface area contributed by atoms with E-state index in [0.29, 0.717) is 11.3 Å². The van der Waals surface area contributed by atoms with E-state index in [1.54, 1.807) is 12.5 Å². The number of guanidine groups is 1. The van der Waals surface area contributed by atoms with Gasteiger partial charge >= 0.3 is 0 Å². The van der Waals surface area contributed by atoms with Gasteiger partial charge in [-0.2, -0.15) is 11.8 Å². The predicted molar refractivity (Wildman–Crippen MR) is 111 cm³/mol. The highest BCUT2D eigenvalue weighted by Gasteiger charge is 2.38. The minimum Gasteiger partial charge on any atom is -0.352 e. The van der Waals surface area contributed by atoms with Crippen molar-refractivity contribution in [2.75, 3.05) is 25.9 Å². The summed E-state index contributed by atoms with van der Waals surface area (Å²) < 4.78 is 2.39. The molecule has 2 aliphatic rings. The number of nitrogens with one attached hydrogen (secondary N) is 1. The number of nitrogens with zero attached hydrogens (tertiary/aromatic N) is 5. The topological polar surface area (TPSA) is 58.3 Å². The molecular formula is C20H28N6S. The van der Waals surface area contributed by atoms with Crippen LogP contribution in [0.2, 0.25) is 0 Å². The number of hydrogen-bond acceptors (Lipinski definition) is 4. The summed E-state index contributed by atoms with van der Waals surface area (Å²) in [7, 11) is 1.89. The summed E-state index contributed by atoms with van der Waals surface area (Å²) in [5.74, 6) is 3.10. The van der Waals surface area contributed by atoms with Gasteiger partial charge in [0.05, 0.1) is 0 Å². The third-order valence-electron chi connectivity index (χ3n) is 5.58. The lowest BCUT2D eigenvalue weighted by atomic mass is 9.87. The van der Waals surface area contributed by atoms with Crippen molar-refractivity contribution < 1.29 is 0 Å².